The summed E-state index contributed by atoms with van der Waals surface area (Å²) in [7, 11) is 1.39. The second-order valence-corrected chi connectivity index (χ2v) is 4.32. The molecule has 0 saturated carbocycles. The van der Waals surface area contributed by atoms with Gasteiger partial charge in [0.25, 0.3) is 0 Å². The molecule has 0 fully saturated rings. The predicted molar refractivity (Wildman–Crippen MR) is 66.4 cm³/mol. The van der Waals surface area contributed by atoms with Gasteiger partial charge in [-0.05, 0) is 30.1 Å². The Morgan fingerprint density at radius 3 is 3.06 bits per heavy atom. The van der Waals surface area contributed by atoms with E-state index in [4.69, 9.17) is 4.74 Å². The van der Waals surface area contributed by atoms with Crippen molar-refractivity contribution in [1.82, 2.24) is 4.37 Å². The van der Waals surface area contributed by atoms with Crippen LogP contribution in [0.1, 0.15) is 12.8 Å². The highest BCUT2D eigenvalue weighted by Crippen LogP contribution is 2.28. The molecule has 0 aliphatic rings. The summed E-state index contributed by atoms with van der Waals surface area (Å²) in [5.41, 5.74) is 0. The summed E-state index contributed by atoms with van der Waals surface area (Å²) in [5, 5.41) is 1.02. The topological polar surface area (TPSA) is 48.4 Å². The monoisotopic (exact) mass is 251 g/mol. The van der Waals surface area contributed by atoms with Gasteiger partial charge in [-0.25, -0.2) is 0 Å². The lowest BCUT2D eigenvalue weighted by Crippen LogP contribution is -2.04. The molecule has 2 aromatic rings. The van der Waals surface area contributed by atoms with Gasteiger partial charge in [-0.2, -0.15) is 4.37 Å². The van der Waals surface area contributed by atoms with Crippen molar-refractivity contribution in [1.29, 1.82) is 0 Å². The molecule has 0 N–H and O–H groups in total. The fourth-order valence-corrected chi connectivity index (χ4v) is 2.18. The Labute approximate surface area is 103 Å². The molecule has 0 aliphatic carbocycles. The van der Waals surface area contributed by atoms with Crippen LogP contribution in [-0.4, -0.2) is 24.1 Å². The summed E-state index contributed by atoms with van der Waals surface area (Å²) in [6.07, 6.45) is 1.01. The number of hydrogen-bond acceptors (Lipinski definition) is 5. The first-order valence-electron chi connectivity index (χ1n) is 5.35. The molecule has 0 saturated heterocycles. The summed E-state index contributed by atoms with van der Waals surface area (Å²) in [6.45, 7) is 0.475. The van der Waals surface area contributed by atoms with Crippen LogP contribution in [0.4, 0.5) is 0 Å². The molecule has 4 nitrogen and oxygen atoms in total. The minimum atomic E-state index is -0.211. The molecule has 1 aromatic carbocycles. The quantitative estimate of drug-likeness (QED) is 0.605. The fraction of sp³-hybridized carbons (Fsp3) is 0.333. The second-order valence-electron chi connectivity index (χ2n) is 3.51. The second kappa shape index (κ2) is 5.63. The van der Waals surface area contributed by atoms with Crippen LogP contribution in [0.3, 0.4) is 0 Å². The van der Waals surface area contributed by atoms with Crippen molar-refractivity contribution in [2.45, 2.75) is 12.8 Å². The molecular formula is C12H13NO3S. The van der Waals surface area contributed by atoms with Gasteiger partial charge in [0.15, 0.2) is 0 Å². The van der Waals surface area contributed by atoms with Crippen molar-refractivity contribution in [3.05, 3.63) is 24.3 Å². The Balaban J connectivity index is 1.89. The lowest BCUT2D eigenvalue weighted by molar-refractivity contribution is -0.140. The molecule has 2 rings (SSSR count). The summed E-state index contributed by atoms with van der Waals surface area (Å²) < 4.78 is 15.4. The van der Waals surface area contributed by atoms with E-state index in [-0.39, 0.29) is 5.97 Å². The fourth-order valence-electron chi connectivity index (χ4n) is 1.45. The van der Waals surface area contributed by atoms with E-state index in [1.54, 1.807) is 0 Å². The van der Waals surface area contributed by atoms with Crippen LogP contribution in [0.2, 0.25) is 0 Å². The zero-order valence-electron chi connectivity index (χ0n) is 9.51. The first kappa shape index (κ1) is 11.9. The Kier molecular flexibility index (Phi) is 3.93. The molecule has 0 radical (unpaired) electrons. The highest BCUT2D eigenvalue weighted by atomic mass is 32.1. The third-order valence-electron chi connectivity index (χ3n) is 2.34. The maximum atomic E-state index is 10.9. The molecule has 1 aromatic heterocycles. The Morgan fingerprint density at radius 2 is 2.24 bits per heavy atom. The summed E-state index contributed by atoms with van der Waals surface area (Å²) in [5.74, 6) is 0.437. The average molecular weight is 251 g/mol. The maximum Gasteiger partial charge on any atom is 0.305 e. The lowest BCUT2D eigenvalue weighted by Gasteiger charge is -2.02. The normalized spacial score (nSPS) is 10.4. The van der Waals surface area contributed by atoms with Crippen LogP contribution in [0, 0.1) is 0 Å². The van der Waals surface area contributed by atoms with Gasteiger partial charge in [-0.15, -0.1) is 0 Å². The Hall–Kier alpha value is -1.62. The van der Waals surface area contributed by atoms with Gasteiger partial charge in [0.2, 0.25) is 5.88 Å². The molecule has 0 unspecified atom stereocenters. The molecule has 0 atom stereocenters. The van der Waals surface area contributed by atoms with Gasteiger partial charge in [0.1, 0.15) is 0 Å². The van der Waals surface area contributed by atoms with E-state index < -0.39 is 0 Å². The SMILES string of the molecule is COC(=O)CCCOc1nsc2ccccc12. The molecule has 5 heteroatoms. The minimum absolute atomic E-state index is 0.211. The Bertz CT molecular complexity index is 509. The van der Waals surface area contributed by atoms with Crippen molar-refractivity contribution in [3.63, 3.8) is 0 Å². The zero-order valence-corrected chi connectivity index (χ0v) is 10.3. The smallest absolute Gasteiger partial charge is 0.305 e. The van der Waals surface area contributed by atoms with Crippen molar-refractivity contribution in [2.24, 2.45) is 0 Å². The van der Waals surface area contributed by atoms with E-state index in [0.717, 1.165) is 10.1 Å². The summed E-state index contributed by atoms with van der Waals surface area (Å²) in [6, 6.07) is 7.92. The van der Waals surface area contributed by atoms with E-state index in [0.29, 0.717) is 25.3 Å². The van der Waals surface area contributed by atoms with Crippen molar-refractivity contribution in [2.75, 3.05) is 13.7 Å². The molecule has 0 aliphatic heterocycles. The molecule has 0 bridgehead atoms. The number of carbonyl (C=O) groups excluding carboxylic acids is 1. The number of nitrogens with zero attached hydrogens (tertiary/aromatic N) is 1. The third kappa shape index (κ3) is 2.94. The number of esters is 1. The van der Waals surface area contributed by atoms with Crippen molar-refractivity contribution >= 4 is 27.6 Å². The van der Waals surface area contributed by atoms with Gasteiger partial charge in [-0.1, -0.05) is 12.1 Å². The van der Waals surface area contributed by atoms with Crippen LogP contribution in [0.25, 0.3) is 10.1 Å². The third-order valence-corrected chi connectivity index (χ3v) is 3.15. The average Bonchev–Trinajstić information content (AvgIpc) is 2.78. The highest BCUT2D eigenvalue weighted by molar-refractivity contribution is 7.13. The molecule has 90 valence electrons. The van der Waals surface area contributed by atoms with Gasteiger partial charge in [-0.3, -0.25) is 4.79 Å². The first-order chi connectivity index (χ1) is 8.31. The number of methoxy groups -OCH3 is 1. The molecule has 0 amide bonds. The zero-order chi connectivity index (χ0) is 12.1. The highest BCUT2D eigenvalue weighted by Gasteiger charge is 2.06. The predicted octanol–water partition coefficient (Wildman–Crippen LogP) is 2.63. The van der Waals surface area contributed by atoms with Gasteiger partial charge in [0, 0.05) is 6.42 Å². The summed E-state index contributed by atoms with van der Waals surface area (Å²) in [4.78, 5) is 10.9. The van der Waals surface area contributed by atoms with Gasteiger partial charge >= 0.3 is 5.97 Å². The number of benzene rings is 1. The van der Waals surface area contributed by atoms with Crippen molar-refractivity contribution < 1.29 is 14.3 Å². The van der Waals surface area contributed by atoms with E-state index in [9.17, 15) is 4.79 Å². The molecular weight excluding hydrogens is 238 g/mol. The van der Waals surface area contributed by atoms with Gasteiger partial charge < -0.3 is 9.47 Å². The lowest BCUT2D eigenvalue weighted by atomic mass is 10.3. The number of ether oxygens (including phenoxy) is 2. The van der Waals surface area contributed by atoms with Crippen LogP contribution < -0.4 is 4.74 Å². The van der Waals surface area contributed by atoms with Crippen LogP contribution in [-0.2, 0) is 9.53 Å². The summed E-state index contributed by atoms with van der Waals surface area (Å²) >= 11 is 1.42. The first-order valence-corrected chi connectivity index (χ1v) is 6.12. The van der Waals surface area contributed by atoms with E-state index in [1.165, 1.54) is 18.6 Å². The standard InChI is InChI=1S/C12H13NO3S/c1-15-11(14)7-4-8-16-12-9-5-2-3-6-10(9)17-13-12/h2-3,5-6H,4,7-8H2,1H3. The minimum Gasteiger partial charge on any atom is -0.477 e. The van der Waals surface area contributed by atoms with E-state index in [2.05, 4.69) is 9.11 Å². The van der Waals surface area contributed by atoms with Crippen LogP contribution in [0.5, 0.6) is 5.88 Å². The number of fused-ring (bicyclic) bond motifs is 1. The van der Waals surface area contributed by atoms with Crippen LogP contribution >= 0.6 is 11.5 Å². The number of rotatable bonds is 5. The van der Waals surface area contributed by atoms with Gasteiger partial charge in [0.05, 0.1) is 23.8 Å². The van der Waals surface area contributed by atoms with E-state index in [1.807, 2.05) is 24.3 Å². The number of hydrogen-bond donors (Lipinski definition) is 0. The Morgan fingerprint density at radius 1 is 1.41 bits per heavy atom. The number of carbonyl (C=O) groups is 1. The molecule has 0 spiro atoms. The maximum absolute atomic E-state index is 10.9. The molecule has 17 heavy (non-hydrogen) atoms. The molecule has 1 heterocycles. The van der Waals surface area contributed by atoms with Crippen molar-refractivity contribution in [3.8, 4) is 5.88 Å². The number of aromatic nitrogens is 1. The van der Waals surface area contributed by atoms with E-state index >= 15 is 0 Å². The largest absolute Gasteiger partial charge is 0.477 e. The van der Waals surface area contributed by atoms with Crippen LogP contribution in [0.15, 0.2) is 24.3 Å².